The van der Waals surface area contributed by atoms with Crippen molar-refractivity contribution < 1.29 is 9.90 Å². The molecule has 0 atom stereocenters. The first-order valence-corrected chi connectivity index (χ1v) is 6.84. The number of hydrogen-bond acceptors (Lipinski definition) is 2. The summed E-state index contributed by atoms with van der Waals surface area (Å²) in [6.07, 6.45) is 1.81. The van der Waals surface area contributed by atoms with Gasteiger partial charge in [0.05, 0.1) is 11.1 Å². The maximum absolute atomic E-state index is 11.3. The van der Waals surface area contributed by atoms with E-state index < -0.39 is 5.97 Å². The molecule has 2 aromatic heterocycles. The first-order valence-electron chi connectivity index (χ1n) is 6.05. The molecule has 5 heteroatoms. The molecule has 1 aromatic carbocycles. The fourth-order valence-electron chi connectivity index (χ4n) is 2.17. The third kappa shape index (κ3) is 2.00. The fourth-order valence-corrected chi connectivity index (χ4v) is 2.75. The number of rotatable bonds is 2. The van der Waals surface area contributed by atoms with E-state index >= 15 is 0 Å². The lowest BCUT2D eigenvalue weighted by molar-refractivity contribution is 0.0698. The summed E-state index contributed by atoms with van der Waals surface area (Å²) in [5.41, 5.74) is 2.90. The number of imidazole rings is 1. The molecule has 100 valence electrons. The van der Waals surface area contributed by atoms with E-state index in [1.54, 1.807) is 16.5 Å². The third-order valence-electron chi connectivity index (χ3n) is 3.16. The van der Waals surface area contributed by atoms with Gasteiger partial charge in [-0.3, -0.25) is 4.40 Å². The zero-order valence-corrected chi connectivity index (χ0v) is 12.3. The number of aryl methyl sites for hydroxylation is 1. The summed E-state index contributed by atoms with van der Waals surface area (Å²) in [5.74, 6) is -0.248. The summed E-state index contributed by atoms with van der Waals surface area (Å²) in [6, 6.07) is 11.2. The highest BCUT2D eigenvalue weighted by Gasteiger charge is 2.17. The number of hydrogen-bond donors (Lipinski definition) is 1. The SMILES string of the molecule is Cc1ccc(-c2nc(Br)c3c(C(=O)O)cccn23)cc1. The summed E-state index contributed by atoms with van der Waals surface area (Å²) >= 11 is 3.35. The van der Waals surface area contributed by atoms with E-state index in [0.29, 0.717) is 10.1 Å². The zero-order chi connectivity index (χ0) is 14.3. The number of aromatic nitrogens is 2. The molecule has 0 aliphatic carbocycles. The summed E-state index contributed by atoms with van der Waals surface area (Å²) < 4.78 is 2.32. The molecule has 4 nitrogen and oxygen atoms in total. The second kappa shape index (κ2) is 4.76. The molecule has 20 heavy (non-hydrogen) atoms. The van der Waals surface area contributed by atoms with E-state index in [1.807, 2.05) is 37.4 Å². The van der Waals surface area contributed by atoms with Crippen LogP contribution in [-0.4, -0.2) is 20.5 Å². The van der Waals surface area contributed by atoms with Crippen LogP contribution in [0.15, 0.2) is 47.2 Å². The molecule has 0 amide bonds. The van der Waals surface area contributed by atoms with Gasteiger partial charge in [0, 0.05) is 11.8 Å². The van der Waals surface area contributed by atoms with Crippen LogP contribution in [0.4, 0.5) is 0 Å². The number of aromatic carboxylic acids is 1. The van der Waals surface area contributed by atoms with Crippen molar-refractivity contribution in [3.05, 3.63) is 58.3 Å². The van der Waals surface area contributed by atoms with Gasteiger partial charge in [0.15, 0.2) is 0 Å². The molecule has 0 bridgehead atoms. The van der Waals surface area contributed by atoms with Crippen molar-refractivity contribution in [2.75, 3.05) is 0 Å². The minimum Gasteiger partial charge on any atom is -0.478 e. The van der Waals surface area contributed by atoms with Gasteiger partial charge in [0.1, 0.15) is 10.4 Å². The quantitative estimate of drug-likeness (QED) is 0.778. The minimum atomic E-state index is -0.966. The van der Waals surface area contributed by atoms with Crippen molar-refractivity contribution in [3.63, 3.8) is 0 Å². The number of nitrogens with zero attached hydrogens (tertiary/aromatic N) is 2. The van der Waals surface area contributed by atoms with Gasteiger partial charge in [-0.1, -0.05) is 29.8 Å². The maximum atomic E-state index is 11.3. The Bertz CT molecular complexity index is 807. The van der Waals surface area contributed by atoms with Crippen molar-refractivity contribution in [2.24, 2.45) is 0 Å². The van der Waals surface area contributed by atoms with Crippen LogP contribution in [0.3, 0.4) is 0 Å². The van der Waals surface area contributed by atoms with Crippen molar-refractivity contribution in [3.8, 4) is 11.4 Å². The Morgan fingerprint density at radius 2 is 1.95 bits per heavy atom. The third-order valence-corrected chi connectivity index (χ3v) is 3.71. The molecular formula is C15H11BrN2O2. The lowest BCUT2D eigenvalue weighted by atomic mass is 10.1. The first-order chi connectivity index (χ1) is 9.58. The van der Waals surface area contributed by atoms with Crippen LogP contribution in [-0.2, 0) is 0 Å². The number of halogens is 1. The standard InChI is InChI=1S/C15H11BrN2O2/c1-9-4-6-10(7-5-9)14-17-13(16)12-11(15(19)20)3-2-8-18(12)14/h2-8H,1H3,(H,19,20). The van der Waals surface area contributed by atoms with Crippen LogP contribution in [0.2, 0.25) is 0 Å². The van der Waals surface area contributed by atoms with E-state index in [0.717, 1.165) is 11.4 Å². The fraction of sp³-hybridized carbons (Fsp3) is 0.0667. The minimum absolute atomic E-state index is 0.227. The smallest absolute Gasteiger partial charge is 0.337 e. The van der Waals surface area contributed by atoms with E-state index in [1.165, 1.54) is 5.56 Å². The van der Waals surface area contributed by atoms with Gasteiger partial charge < -0.3 is 5.11 Å². The largest absolute Gasteiger partial charge is 0.478 e. The molecule has 0 aliphatic rings. The molecule has 0 unspecified atom stereocenters. The Morgan fingerprint density at radius 1 is 1.25 bits per heavy atom. The van der Waals surface area contributed by atoms with Gasteiger partial charge in [-0.25, -0.2) is 9.78 Å². The van der Waals surface area contributed by atoms with Crippen LogP contribution in [0.1, 0.15) is 15.9 Å². The van der Waals surface area contributed by atoms with Crippen molar-refractivity contribution >= 4 is 27.4 Å². The average Bonchev–Trinajstić information content (AvgIpc) is 2.77. The predicted molar refractivity (Wildman–Crippen MR) is 80.0 cm³/mol. The second-order valence-corrected chi connectivity index (χ2v) is 5.29. The monoisotopic (exact) mass is 330 g/mol. The molecule has 0 fully saturated rings. The van der Waals surface area contributed by atoms with Gasteiger partial charge in [-0.2, -0.15) is 0 Å². The first kappa shape index (κ1) is 12.9. The summed E-state index contributed by atoms with van der Waals surface area (Å²) in [5, 5.41) is 9.26. The van der Waals surface area contributed by atoms with E-state index in [4.69, 9.17) is 0 Å². The molecule has 3 aromatic rings. The highest BCUT2D eigenvalue weighted by molar-refractivity contribution is 9.10. The van der Waals surface area contributed by atoms with Crippen LogP contribution >= 0.6 is 15.9 Å². The topological polar surface area (TPSA) is 54.6 Å². The number of carboxylic acids is 1. The normalized spacial score (nSPS) is 10.9. The molecule has 0 aliphatic heterocycles. The number of pyridine rings is 1. The predicted octanol–water partition coefficient (Wildman–Crippen LogP) is 3.77. The van der Waals surface area contributed by atoms with Crippen LogP contribution in [0.5, 0.6) is 0 Å². The molecule has 1 N–H and O–H groups in total. The van der Waals surface area contributed by atoms with Gasteiger partial charge in [-0.05, 0) is 35.0 Å². The Morgan fingerprint density at radius 3 is 2.60 bits per heavy atom. The van der Waals surface area contributed by atoms with Crippen molar-refractivity contribution in [1.29, 1.82) is 0 Å². The second-order valence-electron chi connectivity index (χ2n) is 4.54. The van der Waals surface area contributed by atoms with Crippen LogP contribution in [0, 0.1) is 6.92 Å². The molecular weight excluding hydrogens is 320 g/mol. The van der Waals surface area contributed by atoms with Crippen molar-refractivity contribution in [2.45, 2.75) is 6.92 Å². The van der Waals surface area contributed by atoms with Gasteiger partial charge in [0.25, 0.3) is 0 Å². The highest BCUT2D eigenvalue weighted by Crippen LogP contribution is 2.28. The van der Waals surface area contributed by atoms with Crippen LogP contribution in [0.25, 0.3) is 16.9 Å². The Kier molecular flexibility index (Phi) is 3.06. The lowest BCUT2D eigenvalue weighted by Gasteiger charge is -2.03. The van der Waals surface area contributed by atoms with E-state index in [9.17, 15) is 9.90 Å². The maximum Gasteiger partial charge on any atom is 0.337 e. The van der Waals surface area contributed by atoms with Crippen molar-refractivity contribution in [1.82, 2.24) is 9.38 Å². The van der Waals surface area contributed by atoms with Crippen LogP contribution < -0.4 is 0 Å². The van der Waals surface area contributed by atoms with Gasteiger partial charge in [0.2, 0.25) is 0 Å². The van der Waals surface area contributed by atoms with Gasteiger partial charge in [-0.15, -0.1) is 0 Å². The Balaban J connectivity index is 2.31. The molecule has 2 heterocycles. The summed E-state index contributed by atoms with van der Waals surface area (Å²) in [6.45, 7) is 2.02. The molecule has 0 saturated heterocycles. The average molecular weight is 331 g/mol. The molecule has 0 radical (unpaired) electrons. The summed E-state index contributed by atoms with van der Waals surface area (Å²) in [4.78, 5) is 15.7. The number of benzene rings is 1. The Hall–Kier alpha value is -2.14. The lowest BCUT2D eigenvalue weighted by Crippen LogP contribution is -2.00. The van der Waals surface area contributed by atoms with Gasteiger partial charge >= 0.3 is 5.97 Å². The Labute approximate surface area is 123 Å². The number of carbonyl (C=O) groups is 1. The number of carboxylic acid groups (broad SMARTS) is 1. The number of fused-ring (bicyclic) bond motifs is 1. The highest BCUT2D eigenvalue weighted by atomic mass is 79.9. The molecule has 0 spiro atoms. The molecule has 3 rings (SSSR count). The van der Waals surface area contributed by atoms with E-state index in [-0.39, 0.29) is 5.56 Å². The summed E-state index contributed by atoms with van der Waals surface area (Å²) in [7, 11) is 0. The molecule has 0 saturated carbocycles. The van der Waals surface area contributed by atoms with E-state index in [2.05, 4.69) is 20.9 Å². The zero-order valence-electron chi connectivity index (χ0n) is 10.7.